The normalized spacial score (nSPS) is 10.4. The molecule has 0 saturated heterocycles. The number of alkyl halides is 2. The quantitative estimate of drug-likeness (QED) is 0.760. The Morgan fingerprint density at radius 1 is 1.18 bits per heavy atom. The second kappa shape index (κ2) is 7.10. The van der Waals surface area contributed by atoms with Gasteiger partial charge in [0.05, 0.1) is 0 Å². The van der Waals surface area contributed by atoms with Crippen molar-refractivity contribution in [1.82, 2.24) is 4.90 Å². The van der Waals surface area contributed by atoms with Crippen LogP contribution >= 0.6 is 34.8 Å². The third kappa shape index (κ3) is 4.38. The molecule has 0 aromatic heterocycles. The summed E-state index contributed by atoms with van der Waals surface area (Å²) < 4.78 is 0. The summed E-state index contributed by atoms with van der Waals surface area (Å²) in [4.78, 5) is 13.8. The fourth-order valence-electron chi connectivity index (χ4n) is 1.56. The Balaban J connectivity index is 2.92. The average molecular weight is 295 g/mol. The monoisotopic (exact) mass is 293 g/mol. The van der Waals surface area contributed by atoms with Crippen LogP contribution in [0, 0.1) is 6.92 Å². The molecule has 1 aromatic carbocycles. The van der Waals surface area contributed by atoms with Gasteiger partial charge in [0, 0.05) is 35.4 Å². The molecule has 0 fully saturated rings. The maximum Gasteiger partial charge on any atom is 0.253 e. The standard InChI is InChI=1S/C12H14Cl3NO/c1-9-6-10(8-11(15)7-9)12(17)16(4-2-13)5-3-14/h6-8H,2-5H2,1H3. The highest BCUT2D eigenvalue weighted by Gasteiger charge is 2.15. The van der Waals surface area contributed by atoms with Crippen molar-refractivity contribution in [2.75, 3.05) is 24.8 Å². The van der Waals surface area contributed by atoms with Crippen LogP contribution in [-0.2, 0) is 0 Å². The Kier molecular flexibility index (Phi) is 6.10. The Hall–Kier alpha value is -0.440. The van der Waals surface area contributed by atoms with Gasteiger partial charge in [-0.05, 0) is 30.7 Å². The molecular weight excluding hydrogens is 280 g/mol. The van der Waals surface area contributed by atoms with Crippen LogP contribution in [0.5, 0.6) is 0 Å². The molecule has 0 heterocycles. The van der Waals surface area contributed by atoms with Gasteiger partial charge in [0.25, 0.3) is 5.91 Å². The number of halogens is 3. The molecule has 5 heteroatoms. The lowest BCUT2D eigenvalue weighted by Gasteiger charge is -2.20. The van der Waals surface area contributed by atoms with Crippen molar-refractivity contribution in [2.24, 2.45) is 0 Å². The molecule has 1 aromatic rings. The first-order chi connectivity index (χ1) is 8.08. The van der Waals surface area contributed by atoms with Gasteiger partial charge in [0.2, 0.25) is 0 Å². The fourth-order valence-corrected chi connectivity index (χ4v) is 2.26. The predicted molar refractivity (Wildman–Crippen MR) is 73.5 cm³/mol. The minimum atomic E-state index is -0.0862. The van der Waals surface area contributed by atoms with Crippen LogP contribution in [0.1, 0.15) is 15.9 Å². The van der Waals surface area contributed by atoms with E-state index in [9.17, 15) is 4.79 Å². The van der Waals surface area contributed by atoms with Gasteiger partial charge in [-0.1, -0.05) is 11.6 Å². The third-order valence-corrected chi connectivity index (χ3v) is 2.84. The molecule has 0 N–H and O–H groups in total. The summed E-state index contributed by atoms with van der Waals surface area (Å²) in [7, 11) is 0. The molecule has 0 spiro atoms. The smallest absolute Gasteiger partial charge is 0.253 e. The molecule has 17 heavy (non-hydrogen) atoms. The summed E-state index contributed by atoms with van der Waals surface area (Å²) in [5.74, 6) is 0.696. The average Bonchev–Trinajstić information content (AvgIpc) is 2.26. The second-order valence-corrected chi connectivity index (χ2v) is 4.88. The maximum atomic E-state index is 12.2. The fraction of sp³-hybridized carbons (Fsp3) is 0.417. The predicted octanol–water partition coefficient (Wildman–Crippen LogP) is 3.57. The Morgan fingerprint density at radius 2 is 1.76 bits per heavy atom. The number of aryl methyl sites for hydroxylation is 1. The van der Waals surface area contributed by atoms with Crippen LogP contribution in [-0.4, -0.2) is 35.7 Å². The van der Waals surface area contributed by atoms with Crippen LogP contribution in [0.2, 0.25) is 5.02 Å². The van der Waals surface area contributed by atoms with Gasteiger partial charge in [-0.15, -0.1) is 23.2 Å². The maximum absolute atomic E-state index is 12.2. The SMILES string of the molecule is Cc1cc(Cl)cc(C(=O)N(CCCl)CCCl)c1. The number of amides is 1. The summed E-state index contributed by atoms with van der Waals surface area (Å²) in [5, 5.41) is 0.560. The summed E-state index contributed by atoms with van der Waals surface area (Å²) in [5.41, 5.74) is 1.53. The number of carbonyl (C=O) groups is 1. The van der Waals surface area contributed by atoms with Gasteiger partial charge in [0.1, 0.15) is 0 Å². The molecule has 0 bridgehead atoms. The van der Waals surface area contributed by atoms with Crippen LogP contribution in [0.25, 0.3) is 0 Å². The van der Waals surface area contributed by atoms with Crippen molar-refractivity contribution in [3.63, 3.8) is 0 Å². The van der Waals surface area contributed by atoms with Gasteiger partial charge in [0.15, 0.2) is 0 Å². The van der Waals surface area contributed by atoms with E-state index in [0.717, 1.165) is 5.56 Å². The van der Waals surface area contributed by atoms with Gasteiger partial charge in [-0.25, -0.2) is 0 Å². The highest BCUT2D eigenvalue weighted by molar-refractivity contribution is 6.31. The minimum Gasteiger partial charge on any atom is -0.336 e. The molecule has 2 nitrogen and oxygen atoms in total. The zero-order chi connectivity index (χ0) is 12.8. The van der Waals surface area contributed by atoms with Crippen LogP contribution in [0.15, 0.2) is 18.2 Å². The van der Waals surface area contributed by atoms with Crippen LogP contribution < -0.4 is 0 Å². The zero-order valence-electron chi connectivity index (χ0n) is 9.55. The van der Waals surface area contributed by atoms with E-state index in [4.69, 9.17) is 34.8 Å². The van der Waals surface area contributed by atoms with E-state index in [1.165, 1.54) is 0 Å². The Labute approximate surface area is 116 Å². The first-order valence-electron chi connectivity index (χ1n) is 5.27. The van der Waals surface area contributed by atoms with E-state index >= 15 is 0 Å². The van der Waals surface area contributed by atoms with Gasteiger partial charge < -0.3 is 4.90 Å². The zero-order valence-corrected chi connectivity index (χ0v) is 11.8. The van der Waals surface area contributed by atoms with Crippen molar-refractivity contribution >= 4 is 40.7 Å². The lowest BCUT2D eigenvalue weighted by atomic mass is 10.1. The molecule has 0 atom stereocenters. The van der Waals surface area contributed by atoms with E-state index in [1.54, 1.807) is 11.0 Å². The summed E-state index contributed by atoms with van der Waals surface area (Å²) in [6.45, 7) is 2.87. The topological polar surface area (TPSA) is 20.3 Å². The van der Waals surface area contributed by atoms with E-state index in [-0.39, 0.29) is 5.91 Å². The number of nitrogens with zero attached hydrogens (tertiary/aromatic N) is 1. The summed E-state index contributed by atoms with van der Waals surface area (Å²) >= 11 is 17.3. The van der Waals surface area contributed by atoms with Crippen molar-refractivity contribution in [3.05, 3.63) is 34.3 Å². The van der Waals surface area contributed by atoms with Crippen LogP contribution in [0.3, 0.4) is 0 Å². The van der Waals surface area contributed by atoms with Gasteiger partial charge in [-0.2, -0.15) is 0 Å². The molecule has 0 radical (unpaired) electrons. The number of carbonyl (C=O) groups excluding carboxylic acids is 1. The summed E-state index contributed by atoms with van der Waals surface area (Å²) in [6.07, 6.45) is 0. The number of hydrogen-bond donors (Lipinski definition) is 0. The van der Waals surface area contributed by atoms with E-state index < -0.39 is 0 Å². The highest BCUT2D eigenvalue weighted by atomic mass is 35.5. The number of hydrogen-bond acceptors (Lipinski definition) is 1. The number of benzene rings is 1. The second-order valence-electron chi connectivity index (χ2n) is 3.69. The van der Waals surface area contributed by atoms with Crippen molar-refractivity contribution in [3.8, 4) is 0 Å². The molecule has 94 valence electrons. The molecule has 0 aliphatic heterocycles. The van der Waals surface area contributed by atoms with Crippen molar-refractivity contribution in [2.45, 2.75) is 6.92 Å². The molecule has 1 amide bonds. The van der Waals surface area contributed by atoms with Crippen molar-refractivity contribution in [1.29, 1.82) is 0 Å². The van der Waals surface area contributed by atoms with E-state index in [1.807, 2.05) is 19.1 Å². The molecule has 0 aliphatic rings. The summed E-state index contributed by atoms with van der Waals surface area (Å²) in [6, 6.07) is 5.28. The lowest BCUT2D eigenvalue weighted by molar-refractivity contribution is 0.0775. The van der Waals surface area contributed by atoms with E-state index in [0.29, 0.717) is 35.4 Å². The molecular formula is C12H14Cl3NO. The van der Waals surface area contributed by atoms with Gasteiger partial charge >= 0.3 is 0 Å². The molecule has 1 rings (SSSR count). The van der Waals surface area contributed by atoms with Crippen molar-refractivity contribution < 1.29 is 4.79 Å². The highest BCUT2D eigenvalue weighted by Crippen LogP contribution is 2.16. The van der Waals surface area contributed by atoms with Gasteiger partial charge in [-0.3, -0.25) is 4.79 Å². The molecule has 0 saturated carbocycles. The first kappa shape index (κ1) is 14.6. The Morgan fingerprint density at radius 3 is 2.24 bits per heavy atom. The van der Waals surface area contributed by atoms with Crippen LogP contribution in [0.4, 0.5) is 0 Å². The lowest BCUT2D eigenvalue weighted by Crippen LogP contribution is -2.34. The van der Waals surface area contributed by atoms with E-state index in [2.05, 4.69) is 0 Å². The molecule has 0 aliphatic carbocycles. The number of rotatable bonds is 5. The Bertz CT molecular complexity index is 369. The minimum absolute atomic E-state index is 0.0862. The molecule has 0 unspecified atom stereocenters. The first-order valence-corrected chi connectivity index (χ1v) is 6.71. The largest absolute Gasteiger partial charge is 0.336 e. The third-order valence-electron chi connectivity index (χ3n) is 2.29.